The minimum atomic E-state index is 0.516. The molecule has 1 aliphatic rings. The maximum atomic E-state index is 5.79. The molecule has 5 nitrogen and oxygen atoms in total. The second kappa shape index (κ2) is 4.33. The first-order valence-corrected chi connectivity index (χ1v) is 6.12. The molecular formula is C13H16N4O. The number of anilines is 2. The Hall–Kier alpha value is -2.04. The summed E-state index contributed by atoms with van der Waals surface area (Å²) in [6.07, 6.45) is 4.09. The van der Waals surface area contributed by atoms with Crippen molar-refractivity contribution in [2.45, 2.75) is 32.4 Å². The highest BCUT2D eigenvalue weighted by Crippen LogP contribution is 2.32. The lowest BCUT2D eigenvalue weighted by molar-refractivity contribution is 0.500. The second-order valence-corrected chi connectivity index (χ2v) is 4.64. The highest BCUT2D eigenvalue weighted by molar-refractivity contribution is 5.48. The number of aromatic nitrogens is 2. The minimum absolute atomic E-state index is 0.516. The van der Waals surface area contributed by atoms with Crippen LogP contribution in [0.25, 0.3) is 0 Å². The van der Waals surface area contributed by atoms with E-state index in [9.17, 15) is 0 Å². The lowest BCUT2D eigenvalue weighted by Gasteiger charge is -2.22. The number of aryl methyl sites for hydroxylation is 1. The van der Waals surface area contributed by atoms with E-state index in [0.29, 0.717) is 17.7 Å². The second-order valence-electron chi connectivity index (χ2n) is 4.64. The van der Waals surface area contributed by atoms with Crippen molar-refractivity contribution in [3.8, 4) is 0 Å². The smallest absolute Gasteiger partial charge is 0.135 e. The summed E-state index contributed by atoms with van der Waals surface area (Å²) in [4.78, 5) is 10.8. The van der Waals surface area contributed by atoms with Crippen LogP contribution in [0.1, 0.15) is 24.4 Å². The number of nitrogens with two attached hydrogens (primary N) is 1. The standard InChI is InChI=1S/C13H16N4O/c1-9-15-12(14)7-13(16-9)17(10-4-5-10)8-11-3-2-6-18-11/h2-3,6-7,10H,4-5,8H2,1H3,(H2,14,15,16). The fourth-order valence-corrected chi connectivity index (χ4v) is 2.08. The number of nitrogen functional groups attached to an aromatic ring is 1. The van der Waals surface area contributed by atoms with Crippen LogP contribution in [-0.4, -0.2) is 16.0 Å². The molecule has 0 amide bonds. The molecular weight excluding hydrogens is 228 g/mol. The van der Waals surface area contributed by atoms with Gasteiger partial charge in [0.15, 0.2) is 0 Å². The van der Waals surface area contributed by atoms with Crippen molar-refractivity contribution in [1.29, 1.82) is 0 Å². The van der Waals surface area contributed by atoms with Crippen LogP contribution >= 0.6 is 0 Å². The molecule has 18 heavy (non-hydrogen) atoms. The highest BCUT2D eigenvalue weighted by Gasteiger charge is 2.31. The Bertz CT molecular complexity index is 514. The third kappa shape index (κ3) is 2.30. The van der Waals surface area contributed by atoms with Crippen LogP contribution in [0.15, 0.2) is 28.9 Å². The van der Waals surface area contributed by atoms with Crippen molar-refractivity contribution in [1.82, 2.24) is 9.97 Å². The summed E-state index contributed by atoms with van der Waals surface area (Å²) < 4.78 is 5.41. The topological polar surface area (TPSA) is 68.2 Å². The van der Waals surface area contributed by atoms with Gasteiger partial charge in [-0.2, -0.15) is 0 Å². The predicted molar refractivity (Wildman–Crippen MR) is 69.1 cm³/mol. The Labute approximate surface area is 106 Å². The van der Waals surface area contributed by atoms with E-state index in [1.54, 1.807) is 6.26 Å². The quantitative estimate of drug-likeness (QED) is 0.892. The molecule has 0 unspecified atom stereocenters. The van der Waals surface area contributed by atoms with E-state index in [4.69, 9.17) is 10.2 Å². The van der Waals surface area contributed by atoms with Gasteiger partial charge in [0.2, 0.25) is 0 Å². The lowest BCUT2D eigenvalue weighted by Crippen LogP contribution is -2.26. The molecule has 0 aliphatic heterocycles. The number of hydrogen-bond donors (Lipinski definition) is 1. The largest absolute Gasteiger partial charge is 0.467 e. The summed E-state index contributed by atoms with van der Waals surface area (Å²) in [6.45, 7) is 2.59. The number of hydrogen-bond acceptors (Lipinski definition) is 5. The molecule has 2 aromatic heterocycles. The third-order valence-corrected chi connectivity index (χ3v) is 3.03. The fourth-order valence-electron chi connectivity index (χ4n) is 2.08. The van der Waals surface area contributed by atoms with E-state index in [1.165, 1.54) is 12.8 Å². The molecule has 0 spiro atoms. The molecule has 0 aromatic carbocycles. The van der Waals surface area contributed by atoms with Crippen LogP contribution in [0.3, 0.4) is 0 Å². The van der Waals surface area contributed by atoms with Gasteiger partial charge >= 0.3 is 0 Å². The van der Waals surface area contributed by atoms with Gasteiger partial charge in [0.25, 0.3) is 0 Å². The molecule has 1 fully saturated rings. The van der Waals surface area contributed by atoms with E-state index in [0.717, 1.165) is 18.1 Å². The van der Waals surface area contributed by atoms with Gasteiger partial charge in [0, 0.05) is 12.1 Å². The molecule has 0 bridgehead atoms. The molecule has 1 saturated carbocycles. The zero-order chi connectivity index (χ0) is 12.5. The predicted octanol–water partition coefficient (Wildman–Crippen LogP) is 2.13. The summed E-state index contributed by atoms with van der Waals surface area (Å²) in [5.41, 5.74) is 5.79. The maximum absolute atomic E-state index is 5.79. The van der Waals surface area contributed by atoms with Crippen LogP contribution in [-0.2, 0) is 6.54 Å². The van der Waals surface area contributed by atoms with Crippen LogP contribution in [0.4, 0.5) is 11.6 Å². The van der Waals surface area contributed by atoms with Crippen LogP contribution in [0.2, 0.25) is 0 Å². The SMILES string of the molecule is Cc1nc(N)cc(N(Cc2ccco2)C2CC2)n1. The van der Waals surface area contributed by atoms with Gasteiger partial charge in [-0.25, -0.2) is 9.97 Å². The Morgan fingerprint density at radius 2 is 2.28 bits per heavy atom. The van der Waals surface area contributed by atoms with Crippen LogP contribution in [0.5, 0.6) is 0 Å². The van der Waals surface area contributed by atoms with Gasteiger partial charge in [-0.05, 0) is 31.9 Å². The molecule has 0 atom stereocenters. The van der Waals surface area contributed by atoms with Crippen molar-refractivity contribution in [2.75, 3.05) is 10.6 Å². The highest BCUT2D eigenvalue weighted by atomic mass is 16.3. The van der Waals surface area contributed by atoms with Gasteiger partial charge in [-0.15, -0.1) is 0 Å². The molecule has 1 aliphatic carbocycles. The van der Waals surface area contributed by atoms with Gasteiger partial charge in [0.05, 0.1) is 12.8 Å². The number of rotatable bonds is 4. The van der Waals surface area contributed by atoms with E-state index in [2.05, 4.69) is 14.9 Å². The zero-order valence-corrected chi connectivity index (χ0v) is 10.3. The van der Waals surface area contributed by atoms with Crippen molar-refractivity contribution < 1.29 is 4.42 Å². The fraction of sp³-hybridized carbons (Fsp3) is 0.385. The van der Waals surface area contributed by atoms with Crippen LogP contribution in [0, 0.1) is 6.92 Å². The summed E-state index contributed by atoms with van der Waals surface area (Å²) >= 11 is 0. The summed E-state index contributed by atoms with van der Waals surface area (Å²) in [5, 5.41) is 0. The average Bonchev–Trinajstić information content (AvgIpc) is 3.02. The van der Waals surface area contributed by atoms with Crippen LogP contribution < -0.4 is 10.6 Å². The monoisotopic (exact) mass is 244 g/mol. The van der Waals surface area contributed by atoms with Crippen molar-refractivity contribution in [2.24, 2.45) is 0 Å². The van der Waals surface area contributed by atoms with Gasteiger partial charge in [-0.1, -0.05) is 0 Å². The Morgan fingerprint density at radius 3 is 2.89 bits per heavy atom. The Balaban J connectivity index is 1.89. The third-order valence-electron chi connectivity index (χ3n) is 3.03. The molecule has 2 N–H and O–H groups in total. The lowest BCUT2D eigenvalue weighted by atomic mass is 10.3. The maximum Gasteiger partial charge on any atom is 0.135 e. The molecule has 0 saturated heterocycles. The molecule has 94 valence electrons. The first kappa shape index (κ1) is 11.1. The van der Waals surface area contributed by atoms with E-state index in [-0.39, 0.29) is 0 Å². The van der Waals surface area contributed by atoms with E-state index < -0.39 is 0 Å². The summed E-state index contributed by atoms with van der Waals surface area (Å²) in [5.74, 6) is 3.05. The summed E-state index contributed by atoms with van der Waals surface area (Å²) in [6, 6.07) is 6.25. The van der Waals surface area contributed by atoms with E-state index >= 15 is 0 Å². The first-order chi connectivity index (χ1) is 8.72. The number of furan rings is 1. The van der Waals surface area contributed by atoms with Crippen molar-refractivity contribution in [3.05, 3.63) is 36.0 Å². The van der Waals surface area contributed by atoms with Gasteiger partial charge in [-0.3, -0.25) is 0 Å². The van der Waals surface area contributed by atoms with E-state index in [1.807, 2.05) is 25.1 Å². The van der Waals surface area contributed by atoms with Crippen molar-refractivity contribution >= 4 is 11.6 Å². The Kier molecular flexibility index (Phi) is 2.66. The summed E-state index contributed by atoms with van der Waals surface area (Å²) in [7, 11) is 0. The molecule has 3 rings (SSSR count). The van der Waals surface area contributed by atoms with Gasteiger partial charge in [0.1, 0.15) is 23.2 Å². The molecule has 2 aromatic rings. The minimum Gasteiger partial charge on any atom is -0.467 e. The zero-order valence-electron chi connectivity index (χ0n) is 10.3. The molecule has 5 heteroatoms. The normalized spacial score (nSPS) is 14.7. The Morgan fingerprint density at radius 1 is 1.44 bits per heavy atom. The average molecular weight is 244 g/mol. The number of nitrogens with zero attached hydrogens (tertiary/aromatic N) is 3. The molecule has 0 radical (unpaired) electrons. The molecule has 2 heterocycles. The van der Waals surface area contributed by atoms with Gasteiger partial charge < -0.3 is 15.1 Å². The van der Waals surface area contributed by atoms with Crippen molar-refractivity contribution in [3.63, 3.8) is 0 Å². The first-order valence-electron chi connectivity index (χ1n) is 6.12.